The summed E-state index contributed by atoms with van der Waals surface area (Å²) in [6, 6.07) is 2.48. The Bertz CT molecular complexity index is 1370. The Morgan fingerprint density at radius 2 is 2.26 bits per heavy atom. The number of oxime groups is 1. The first kappa shape index (κ1) is 25.8. The van der Waals surface area contributed by atoms with E-state index in [2.05, 4.69) is 19.8 Å². The van der Waals surface area contributed by atoms with Crippen LogP contribution in [0.25, 0.3) is 0 Å². The molecule has 0 spiro atoms. The Kier molecular flexibility index (Phi) is 7.40. The molecule has 0 radical (unpaired) electrons. The monoisotopic (exact) mass is 557 g/mol. The summed E-state index contributed by atoms with van der Waals surface area (Å²) in [5, 5.41) is 27.5. The molecule has 3 atom stereocenters. The van der Waals surface area contributed by atoms with Crippen LogP contribution in [0.1, 0.15) is 24.2 Å². The number of aromatic nitrogens is 3. The van der Waals surface area contributed by atoms with Gasteiger partial charge in [-0.05, 0) is 25.0 Å². The van der Waals surface area contributed by atoms with Gasteiger partial charge in [0.1, 0.15) is 17.5 Å². The Morgan fingerprint density at radius 1 is 1.42 bits per heavy atom. The summed E-state index contributed by atoms with van der Waals surface area (Å²) in [5.74, 6) is -2.56. The van der Waals surface area contributed by atoms with Crippen LogP contribution in [0.5, 0.6) is 0 Å². The number of anilines is 1. The summed E-state index contributed by atoms with van der Waals surface area (Å²) in [6.07, 6.45) is 8.45. The molecule has 2 aromatic rings. The zero-order valence-corrected chi connectivity index (χ0v) is 21.5. The lowest BCUT2D eigenvalue weighted by Gasteiger charge is -2.50. The molecule has 2 amide bonds. The quantitative estimate of drug-likeness (QED) is 0.107. The number of thioether (sulfide) groups is 1. The van der Waals surface area contributed by atoms with E-state index in [-0.39, 0.29) is 41.6 Å². The smallest absolute Gasteiger partial charge is 0.278 e. The van der Waals surface area contributed by atoms with E-state index in [1.54, 1.807) is 29.1 Å². The number of carbonyl (C=O) groups excluding carboxylic acids is 3. The number of carbonyl (C=O) groups is 3. The van der Waals surface area contributed by atoms with Gasteiger partial charge in [0, 0.05) is 34.5 Å². The van der Waals surface area contributed by atoms with Crippen LogP contribution in [0.4, 0.5) is 5.13 Å². The van der Waals surface area contributed by atoms with Crippen LogP contribution in [-0.2, 0) is 32.4 Å². The number of carboxylic acids is 1. The van der Waals surface area contributed by atoms with Crippen molar-refractivity contribution in [1.82, 2.24) is 19.6 Å². The van der Waals surface area contributed by atoms with Crippen molar-refractivity contribution in [1.29, 1.82) is 0 Å². The molecule has 0 saturated carbocycles. The lowest BCUT2D eigenvalue weighted by molar-refractivity contribution is -0.689. The van der Waals surface area contributed by atoms with E-state index in [0.717, 1.165) is 22.9 Å². The van der Waals surface area contributed by atoms with Crippen molar-refractivity contribution < 1.29 is 34.0 Å². The fraction of sp³-hybridized carbons (Fsp3) is 0.348. The number of allylic oxidation sites excluding steroid dienone is 1. The van der Waals surface area contributed by atoms with Crippen LogP contribution in [0.3, 0.4) is 0 Å². The van der Waals surface area contributed by atoms with E-state index in [1.807, 2.05) is 12.2 Å². The third-order valence-electron chi connectivity index (χ3n) is 6.12. The van der Waals surface area contributed by atoms with E-state index in [1.165, 1.54) is 11.8 Å². The second-order valence-electron chi connectivity index (χ2n) is 8.69. The Labute approximate surface area is 224 Å². The Hall–Kier alpha value is -3.82. The molecule has 0 aromatic carbocycles. The predicted octanol–water partition coefficient (Wildman–Crippen LogP) is -1.56. The molecule has 1 aliphatic carbocycles. The van der Waals surface area contributed by atoms with E-state index in [9.17, 15) is 24.6 Å². The summed E-state index contributed by atoms with van der Waals surface area (Å²) in [5.41, 5.74) is 6.36. The summed E-state index contributed by atoms with van der Waals surface area (Å²) >= 11 is 2.20. The maximum Gasteiger partial charge on any atom is 0.278 e. The van der Waals surface area contributed by atoms with E-state index < -0.39 is 29.2 Å². The van der Waals surface area contributed by atoms with Gasteiger partial charge in [-0.2, -0.15) is 9.36 Å². The third-order valence-corrected chi connectivity index (χ3v) is 8.00. The lowest BCUT2D eigenvalue weighted by Crippen LogP contribution is -2.71. The second-order valence-corrected chi connectivity index (χ2v) is 10.6. The zero-order valence-electron chi connectivity index (χ0n) is 19.9. The van der Waals surface area contributed by atoms with Crippen molar-refractivity contribution in [3.05, 3.63) is 59.3 Å². The van der Waals surface area contributed by atoms with Crippen LogP contribution in [-0.4, -0.2) is 66.1 Å². The van der Waals surface area contributed by atoms with Gasteiger partial charge in [0.15, 0.2) is 24.1 Å². The van der Waals surface area contributed by atoms with Gasteiger partial charge < -0.3 is 30.9 Å². The molecule has 2 unspecified atom stereocenters. The molecule has 0 bridgehead atoms. The molecule has 15 heteroatoms. The molecule has 4 N–H and O–H groups in total. The van der Waals surface area contributed by atoms with Gasteiger partial charge in [-0.15, -0.1) is 11.8 Å². The number of nitrogens with one attached hydrogen (secondary N) is 1. The number of hydrogen-bond acceptors (Lipinski definition) is 12. The highest BCUT2D eigenvalue weighted by Crippen LogP contribution is 2.40. The van der Waals surface area contributed by atoms with Gasteiger partial charge in [0.05, 0.1) is 18.3 Å². The number of nitrogens with two attached hydrogens (primary N) is 1. The van der Waals surface area contributed by atoms with E-state index >= 15 is 0 Å². The molecular formula is C23H23N7O6S2. The normalized spacial score (nSPS) is 22.8. The number of carboxylic acid groups (broad SMARTS) is 1. The number of nitrogen functional groups attached to an aromatic ring is 1. The highest BCUT2D eigenvalue weighted by molar-refractivity contribution is 8.00. The number of nitrogens with zero attached hydrogens (tertiary/aromatic N) is 5. The number of aliphatic hydroxyl groups excluding tert-OH is 1. The standard InChI is InChI=1S/C23H23N7O6S2/c24-23-26-18(28-38-23)15(27-36-14-5-1-2-6-14)19(32)25-16-20(33)30-17(22(34)35)13(11-37-21(16)30)9-29-7-3-4-12(8-29)10-31/h1,3-5,7-8,14,16,21,31H,2,6,9-11H2,(H3-,24,25,26,28,32,34,35)/t14?,16?,21-/m0/s1. The molecule has 1 fully saturated rings. The van der Waals surface area contributed by atoms with Crippen LogP contribution in [0, 0.1) is 0 Å². The van der Waals surface area contributed by atoms with Crippen molar-refractivity contribution in [2.45, 2.75) is 43.5 Å². The number of rotatable bonds is 9. The molecular weight excluding hydrogens is 534 g/mol. The molecule has 2 aromatic heterocycles. The number of amides is 2. The number of pyridine rings is 1. The zero-order chi connectivity index (χ0) is 26.8. The minimum atomic E-state index is -1.48. The first-order valence-corrected chi connectivity index (χ1v) is 13.5. The summed E-state index contributed by atoms with van der Waals surface area (Å²) in [6.45, 7) is 0.0328. The molecule has 38 heavy (non-hydrogen) atoms. The largest absolute Gasteiger partial charge is 0.543 e. The number of fused-ring (bicyclic) bond motifs is 1. The maximum absolute atomic E-state index is 13.2. The van der Waals surface area contributed by atoms with Gasteiger partial charge in [-0.1, -0.05) is 11.2 Å². The SMILES string of the molecule is Nc1nc(C(=NOC2C=CCC2)C(=O)NC2C(=O)N3C(C(=O)[O-])=C(C[n+]4cccc(CO)c4)CS[C@@H]23)ns1. The van der Waals surface area contributed by atoms with Crippen LogP contribution >= 0.6 is 23.3 Å². The highest BCUT2D eigenvalue weighted by Gasteiger charge is 2.53. The highest BCUT2D eigenvalue weighted by atomic mass is 32.2. The first-order valence-electron chi connectivity index (χ1n) is 11.6. The van der Waals surface area contributed by atoms with Gasteiger partial charge >= 0.3 is 0 Å². The summed E-state index contributed by atoms with van der Waals surface area (Å²) in [7, 11) is 0. The van der Waals surface area contributed by atoms with Gasteiger partial charge in [0.25, 0.3) is 11.8 Å². The molecule has 2 aliphatic heterocycles. The van der Waals surface area contributed by atoms with Crippen molar-refractivity contribution in [2.75, 3.05) is 11.5 Å². The molecule has 5 rings (SSSR count). The van der Waals surface area contributed by atoms with Crippen LogP contribution < -0.4 is 20.7 Å². The van der Waals surface area contributed by atoms with Gasteiger partial charge in [-0.3, -0.25) is 14.5 Å². The average molecular weight is 558 g/mol. The lowest BCUT2D eigenvalue weighted by atomic mass is 10.0. The van der Waals surface area contributed by atoms with Gasteiger partial charge in [0.2, 0.25) is 11.5 Å². The number of aliphatic hydroxyl groups is 1. The molecule has 198 valence electrons. The van der Waals surface area contributed by atoms with Crippen molar-refractivity contribution in [2.24, 2.45) is 5.16 Å². The second kappa shape index (κ2) is 10.9. The van der Waals surface area contributed by atoms with Crippen molar-refractivity contribution in [3.8, 4) is 0 Å². The van der Waals surface area contributed by atoms with Gasteiger partial charge in [-0.25, -0.2) is 4.57 Å². The van der Waals surface area contributed by atoms with Crippen LogP contribution in [0.2, 0.25) is 0 Å². The van der Waals surface area contributed by atoms with E-state index in [4.69, 9.17) is 10.6 Å². The molecule has 13 nitrogen and oxygen atoms in total. The fourth-order valence-electron chi connectivity index (χ4n) is 4.32. The number of β-lactam (4-membered cyclic amide) rings is 1. The topological polar surface area (TPSA) is 187 Å². The third kappa shape index (κ3) is 5.12. The predicted molar refractivity (Wildman–Crippen MR) is 134 cm³/mol. The average Bonchev–Trinajstić information content (AvgIpc) is 3.59. The molecule has 4 heterocycles. The first-order chi connectivity index (χ1) is 18.4. The molecule has 3 aliphatic rings. The van der Waals surface area contributed by atoms with Crippen molar-refractivity contribution >= 4 is 51.9 Å². The fourth-order valence-corrected chi connectivity index (χ4v) is 6.09. The van der Waals surface area contributed by atoms with Crippen molar-refractivity contribution in [3.63, 3.8) is 0 Å². The Morgan fingerprint density at radius 3 is 2.95 bits per heavy atom. The van der Waals surface area contributed by atoms with Crippen LogP contribution in [0.15, 0.2) is 53.1 Å². The minimum absolute atomic E-state index is 0.0355. The number of hydrogen-bond donors (Lipinski definition) is 3. The summed E-state index contributed by atoms with van der Waals surface area (Å²) < 4.78 is 5.76. The minimum Gasteiger partial charge on any atom is -0.543 e. The van der Waals surface area contributed by atoms with E-state index in [0.29, 0.717) is 23.3 Å². The Balaban J connectivity index is 1.34. The maximum atomic E-state index is 13.2. The molecule has 1 saturated heterocycles. The number of aliphatic carboxylic acids is 1. The summed E-state index contributed by atoms with van der Waals surface area (Å²) in [4.78, 5) is 48.9.